The van der Waals surface area contributed by atoms with E-state index in [0.717, 1.165) is 5.56 Å². The Kier molecular flexibility index (Phi) is 5.72. The van der Waals surface area contributed by atoms with E-state index in [2.05, 4.69) is 10.4 Å². The highest BCUT2D eigenvalue weighted by atomic mass is 19.1. The first-order valence-electron chi connectivity index (χ1n) is 11.2. The standard InChI is InChI=1S/C25H24FN5O4/c1-27-23(32)15-7-8-19-21(11-15)35-14-20(24(33)29(19)2)31-10-9-17-13-30(28-22(17)25(31)34)12-16-5-3-4-6-18(16)26/h3-8,11,13,20H,9-10,12,14H2,1-2H3,(H,27,32)/t20-/m0/s1. The predicted molar refractivity (Wildman–Crippen MR) is 125 cm³/mol. The summed E-state index contributed by atoms with van der Waals surface area (Å²) in [5.41, 5.74) is 2.41. The molecule has 9 nitrogen and oxygen atoms in total. The molecule has 0 saturated carbocycles. The van der Waals surface area contributed by atoms with Crippen molar-refractivity contribution in [2.45, 2.75) is 19.0 Å². The van der Waals surface area contributed by atoms with Crippen LogP contribution in [-0.4, -0.2) is 65.7 Å². The van der Waals surface area contributed by atoms with Crippen LogP contribution in [0.2, 0.25) is 0 Å². The van der Waals surface area contributed by atoms with Crippen molar-refractivity contribution in [3.63, 3.8) is 0 Å². The number of likely N-dealkylation sites (N-methyl/N-ethyl adjacent to an activating group) is 1. The summed E-state index contributed by atoms with van der Waals surface area (Å²) in [5.74, 6) is -0.873. The Balaban J connectivity index is 1.38. The molecule has 2 aliphatic rings. The zero-order valence-corrected chi connectivity index (χ0v) is 19.3. The minimum absolute atomic E-state index is 0.0512. The fourth-order valence-corrected chi connectivity index (χ4v) is 4.48. The Bertz CT molecular complexity index is 1340. The van der Waals surface area contributed by atoms with Crippen LogP contribution in [0.25, 0.3) is 0 Å². The van der Waals surface area contributed by atoms with Crippen molar-refractivity contribution in [1.82, 2.24) is 20.0 Å². The van der Waals surface area contributed by atoms with Gasteiger partial charge in [-0.1, -0.05) is 18.2 Å². The summed E-state index contributed by atoms with van der Waals surface area (Å²) < 4.78 is 21.5. The molecule has 1 aromatic heterocycles. The summed E-state index contributed by atoms with van der Waals surface area (Å²) in [7, 11) is 3.15. The van der Waals surface area contributed by atoms with Gasteiger partial charge in [0.1, 0.15) is 24.2 Å². The second-order valence-corrected chi connectivity index (χ2v) is 8.53. The molecule has 35 heavy (non-hydrogen) atoms. The van der Waals surface area contributed by atoms with Gasteiger partial charge in [0.15, 0.2) is 5.69 Å². The van der Waals surface area contributed by atoms with Gasteiger partial charge in [-0.05, 0) is 30.7 Å². The predicted octanol–water partition coefficient (Wildman–Crippen LogP) is 1.85. The Morgan fingerprint density at radius 3 is 2.80 bits per heavy atom. The van der Waals surface area contributed by atoms with Gasteiger partial charge in [0.05, 0.1) is 12.2 Å². The van der Waals surface area contributed by atoms with E-state index in [1.165, 1.54) is 22.9 Å². The van der Waals surface area contributed by atoms with E-state index in [0.29, 0.717) is 35.5 Å². The van der Waals surface area contributed by atoms with Crippen molar-refractivity contribution >= 4 is 23.4 Å². The molecule has 3 heterocycles. The number of fused-ring (bicyclic) bond motifs is 2. The molecule has 0 spiro atoms. The molecule has 0 saturated heterocycles. The summed E-state index contributed by atoms with van der Waals surface area (Å²) in [4.78, 5) is 41.6. The number of hydrogen-bond donors (Lipinski definition) is 1. The summed E-state index contributed by atoms with van der Waals surface area (Å²) in [5, 5.41) is 6.97. The van der Waals surface area contributed by atoms with Gasteiger partial charge in [0, 0.05) is 43.5 Å². The number of anilines is 1. The monoisotopic (exact) mass is 477 g/mol. The summed E-state index contributed by atoms with van der Waals surface area (Å²) in [6.45, 7) is 0.471. The molecular weight excluding hydrogens is 453 g/mol. The van der Waals surface area contributed by atoms with Gasteiger partial charge < -0.3 is 19.9 Å². The van der Waals surface area contributed by atoms with Gasteiger partial charge in [-0.25, -0.2) is 4.39 Å². The topological polar surface area (TPSA) is 96.8 Å². The third-order valence-electron chi connectivity index (χ3n) is 6.41. The van der Waals surface area contributed by atoms with Crippen LogP contribution in [-0.2, 0) is 17.8 Å². The molecule has 3 amide bonds. The zero-order chi connectivity index (χ0) is 24.7. The van der Waals surface area contributed by atoms with Crippen LogP contribution in [0.3, 0.4) is 0 Å². The van der Waals surface area contributed by atoms with E-state index in [9.17, 15) is 18.8 Å². The molecular formula is C25H24FN5O4. The molecule has 0 bridgehead atoms. The Labute approximate surface area is 201 Å². The van der Waals surface area contributed by atoms with Crippen LogP contribution in [0.4, 0.5) is 10.1 Å². The first-order chi connectivity index (χ1) is 16.9. The smallest absolute Gasteiger partial charge is 0.275 e. The lowest BCUT2D eigenvalue weighted by Crippen LogP contribution is -2.54. The first kappa shape index (κ1) is 22.6. The van der Waals surface area contributed by atoms with Gasteiger partial charge in [-0.15, -0.1) is 0 Å². The van der Waals surface area contributed by atoms with Gasteiger partial charge in [-0.2, -0.15) is 5.10 Å². The molecule has 1 atom stereocenters. The molecule has 2 aliphatic heterocycles. The third kappa shape index (κ3) is 4.01. The number of benzene rings is 2. The lowest BCUT2D eigenvalue weighted by molar-refractivity contribution is -0.123. The number of halogens is 1. The maximum absolute atomic E-state index is 14.1. The molecule has 0 fully saturated rings. The average Bonchev–Trinajstić information content (AvgIpc) is 3.24. The molecule has 180 valence electrons. The van der Waals surface area contributed by atoms with Crippen molar-refractivity contribution in [3.05, 3.63) is 76.9 Å². The van der Waals surface area contributed by atoms with Gasteiger partial charge in [0.25, 0.3) is 17.7 Å². The number of rotatable bonds is 4. The van der Waals surface area contributed by atoms with Crippen molar-refractivity contribution in [1.29, 1.82) is 0 Å². The lowest BCUT2D eigenvalue weighted by atomic mass is 10.0. The number of aromatic nitrogens is 2. The Hall–Kier alpha value is -4.21. The highest BCUT2D eigenvalue weighted by Gasteiger charge is 2.40. The zero-order valence-electron chi connectivity index (χ0n) is 19.3. The number of hydrogen-bond acceptors (Lipinski definition) is 5. The van der Waals surface area contributed by atoms with Gasteiger partial charge >= 0.3 is 0 Å². The lowest BCUT2D eigenvalue weighted by Gasteiger charge is -2.33. The second kappa shape index (κ2) is 8.86. The van der Waals surface area contributed by atoms with Crippen LogP contribution < -0.4 is 15.0 Å². The summed E-state index contributed by atoms with van der Waals surface area (Å²) >= 11 is 0. The van der Waals surface area contributed by atoms with E-state index >= 15 is 0 Å². The van der Waals surface area contributed by atoms with E-state index in [-0.39, 0.29) is 42.4 Å². The minimum Gasteiger partial charge on any atom is -0.489 e. The van der Waals surface area contributed by atoms with E-state index in [1.807, 2.05) is 0 Å². The second-order valence-electron chi connectivity index (χ2n) is 8.53. The largest absolute Gasteiger partial charge is 0.489 e. The number of nitrogens with zero attached hydrogens (tertiary/aromatic N) is 4. The van der Waals surface area contributed by atoms with Gasteiger partial charge in [0.2, 0.25) is 0 Å². The van der Waals surface area contributed by atoms with Crippen LogP contribution >= 0.6 is 0 Å². The average molecular weight is 477 g/mol. The van der Waals surface area contributed by atoms with Crippen molar-refractivity contribution in [3.8, 4) is 5.75 Å². The number of ether oxygens (including phenoxy) is 1. The maximum Gasteiger partial charge on any atom is 0.275 e. The van der Waals surface area contributed by atoms with Crippen molar-refractivity contribution < 1.29 is 23.5 Å². The highest BCUT2D eigenvalue weighted by molar-refractivity contribution is 6.04. The quantitative estimate of drug-likeness (QED) is 0.619. The van der Waals surface area contributed by atoms with Gasteiger partial charge in [-0.3, -0.25) is 19.1 Å². The van der Waals surface area contributed by atoms with Crippen molar-refractivity contribution in [2.24, 2.45) is 0 Å². The van der Waals surface area contributed by atoms with E-state index in [4.69, 9.17) is 4.74 Å². The molecule has 0 unspecified atom stereocenters. The third-order valence-corrected chi connectivity index (χ3v) is 6.41. The fourth-order valence-electron chi connectivity index (χ4n) is 4.48. The highest BCUT2D eigenvalue weighted by Crippen LogP contribution is 2.33. The number of amides is 3. The number of nitrogens with one attached hydrogen (secondary N) is 1. The van der Waals surface area contributed by atoms with Crippen LogP contribution in [0.15, 0.2) is 48.7 Å². The Morgan fingerprint density at radius 2 is 2.03 bits per heavy atom. The number of carbonyl (C=O) groups is 3. The molecule has 1 N–H and O–H groups in total. The molecule has 10 heteroatoms. The maximum atomic E-state index is 14.1. The van der Waals surface area contributed by atoms with Crippen LogP contribution in [0, 0.1) is 5.82 Å². The minimum atomic E-state index is -0.854. The Morgan fingerprint density at radius 1 is 1.23 bits per heavy atom. The fraction of sp³-hybridized carbons (Fsp3) is 0.280. The molecule has 0 radical (unpaired) electrons. The molecule has 5 rings (SSSR count). The first-order valence-corrected chi connectivity index (χ1v) is 11.2. The summed E-state index contributed by atoms with van der Waals surface area (Å²) in [6, 6.07) is 10.4. The van der Waals surface area contributed by atoms with E-state index < -0.39 is 6.04 Å². The summed E-state index contributed by atoms with van der Waals surface area (Å²) in [6.07, 6.45) is 2.27. The molecule has 3 aromatic rings. The SMILES string of the molecule is CNC(=O)c1ccc2c(c1)OC[C@H](N1CCc3cn(Cc4ccccc4F)nc3C1=O)C(=O)N2C. The van der Waals surface area contributed by atoms with E-state index in [1.54, 1.807) is 54.3 Å². The molecule has 0 aliphatic carbocycles. The van der Waals surface area contributed by atoms with Crippen molar-refractivity contribution in [2.75, 3.05) is 32.1 Å². The molecule has 2 aromatic carbocycles. The van der Waals surface area contributed by atoms with Crippen LogP contribution in [0.5, 0.6) is 5.75 Å². The normalized spacial score (nSPS) is 17.4. The van der Waals surface area contributed by atoms with Crippen LogP contribution in [0.1, 0.15) is 32.0 Å². The number of carbonyl (C=O) groups excluding carboxylic acids is 3.